The smallest absolute Gasteiger partial charge is 0.224 e. The molecule has 0 unspecified atom stereocenters. The first kappa shape index (κ1) is 14.3. The highest BCUT2D eigenvalue weighted by molar-refractivity contribution is 7.90. The van der Waals surface area contributed by atoms with Crippen LogP contribution >= 0.6 is 11.6 Å². The number of rotatable bonds is 4. The molecule has 6 heteroatoms. The summed E-state index contributed by atoms with van der Waals surface area (Å²) in [5.41, 5.74) is 1.04. The van der Waals surface area contributed by atoms with Gasteiger partial charge in [-0.15, -0.1) is 0 Å². The van der Waals surface area contributed by atoms with Crippen LogP contribution in [0, 0.1) is 0 Å². The second-order valence-corrected chi connectivity index (χ2v) is 7.52. The van der Waals surface area contributed by atoms with Crippen molar-refractivity contribution >= 4 is 27.3 Å². The van der Waals surface area contributed by atoms with Gasteiger partial charge in [-0.2, -0.15) is 0 Å². The van der Waals surface area contributed by atoms with Crippen molar-refractivity contribution in [3.63, 3.8) is 0 Å². The molecule has 1 fully saturated rings. The topological polar surface area (TPSA) is 54.5 Å². The van der Waals surface area contributed by atoms with Gasteiger partial charge in [0.05, 0.1) is 11.8 Å². The number of likely N-dealkylation sites (tertiary alicyclic amines) is 1. The van der Waals surface area contributed by atoms with Crippen molar-refractivity contribution < 1.29 is 13.2 Å². The van der Waals surface area contributed by atoms with E-state index in [1.807, 2.05) is 12.1 Å². The predicted octanol–water partition coefficient (Wildman–Crippen LogP) is 2.05. The highest BCUT2D eigenvalue weighted by Crippen LogP contribution is 2.34. The SMILES string of the molecule is CS(=O)(=O)CCC(=O)N1CC[C@H]1c1ccc(Cl)cc1. The van der Waals surface area contributed by atoms with Crippen molar-refractivity contribution in [3.05, 3.63) is 34.9 Å². The molecule has 1 saturated heterocycles. The molecule has 2 rings (SSSR count). The second kappa shape index (κ2) is 5.51. The summed E-state index contributed by atoms with van der Waals surface area (Å²) >= 11 is 5.83. The minimum atomic E-state index is -3.09. The molecule has 1 amide bonds. The zero-order valence-electron chi connectivity index (χ0n) is 10.7. The molecule has 0 spiro atoms. The summed E-state index contributed by atoms with van der Waals surface area (Å²) in [6.45, 7) is 0.690. The summed E-state index contributed by atoms with van der Waals surface area (Å²) in [7, 11) is -3.09. The van der Waals surface area contributed by atoms with Crippen LogP contribution in [0.1, 0.15) is 24.4 Å². The summed E-state index contributed by atoms with van der Waals surface area (Å²) in [6, 6.07) is 7.47. The van der Waals surface area contributed by atoms with Crippen molar-refractivity contribution in [2.45, 2.75) is 18.9 Å². The van der Waals surface area contributed by atoms with E-state index in [0.29, 0.717) is 11.6 Å². The third-order valence-electron chi connectivity index (χ3n) is 3.28. The van der Waals surface area contributed by atoms with Crippen molar-refractivity contribution in [2.24, 2.45) is 0 Å². The molecule has 0 aliphatic carbocycles. The molecule has 0 saturated carbocycles. The van der Waals surface area contributed by atoms with E-state index in [1.165, 1.54) is 0 Å². The Morgan fingerprint density at radius 3 is 2.47 bits per heavy atom. The van der Waals surface area contributed by atoms with Crippen LogP contribution in [0.5, 0.6) is 0 Å². The number of nitrogens with zero attached hydrogens (tertiary/aromatic N) is 1. The number of carbonyl (C=O) groups is 1. The second-order valence-electron chi connectivity index (χ2n) is 4.82. The Morgan fingerprint density at radius 2 is 2.00 bits per heavy atom. The Labute approximate surface area is 118 Å². The van der Waals surface area contributed by atoms with Gasteiger partial charge in [0, 0.05) is 24.2 Å². The van der Waals surface area contributed by atoms with E-state index < -0.39 is 9.84 Å². The minimum Gasteiger partial charge on any atom is -0.335 e. The lowest BCUT2D eigenvalue weighted by atomic mass is 9.94. The minimum absolute atomic E-state index is 0.0585. The van der Waals surface area contributed by atoms with E-state index in [9.17, 15) is 13.2 Å². The molecular weight excluding hydrogens is 286 g/mol. The molecule has 19 heavy (non-hydrogen) atoms. The largest absolute Gasteiger partial charge is 0.335 e. The normalized spacial score (nSPS) is 19.1. The number of carbonyl (C=O) groups excluding carboxylic acids is 1. The molecule has 0 radical (unpaired) electrons. The Morgan fingerprint density at radius 1 is 1.37 bits per heavy atom. The Balaban J connectivity index is 1.98. The number of halogens is 1. The van der Waals surface area contributed by atoms with Crippen LogP contribution in [-0.2, 0) is 14.6 Å². The number of sulfone groups is 1. The van der Waals surface area contributed by atoms with Crippen LogP contribution in [-0.4, -0.2) is 37.8 Å². The maximum absolute atomic E-state index is 12.0. The summed E-state index contributed by atoms with van der Waals surface area (Å²) in [5, 5.41) is 0.665. The average Bonchev–Trinajstić information content (AvgIpc) is 2.27. The van der Waals surface area contributed by atoms with Gasteiger partial charge in [0.15, 0.2) is 0 Å². The third kappa shape index (κ3) is 3.70. The first-order valence-electron chi connectivity index (χ1n) is 6.09. The number of amides is 1. The van der Waals surface area contributed by atoms with Crippen LogP contribution in [0.15, 0.2) is 24.3 Å². The van der Waals surface area contributed by atoms with Gasteiger partial charge in [0.25, 0.3) is 0 Å². The van der Waals surface area contributed by atoms with Crippen LogP contribution in [0.4, 0.5) is 0 Å². The molecule has 1 heterocycles. The quantitative estimate of drug-likeness (QED) is 0.855. The summed E-state index contributed by atoms with van der Waals surface area (Å²) < 4.78 is 22.1. The van der Waals surface area contributed by atoms with E-state index >= 15 is 0 Å². The molecule has 104 valence electrons. The van der Waals surface area contributed by atoms with Gasteiger partial charge in [0.1, 0.15) is 9.84 Å². The van der Waals surface area contributed by atoms with Gasteiger partial charge in [-0.05, 0) is 24.1 Å². The molecule has 1 aromatic carbocycles. The molecule has 0 aromatic heterocycles. The van der Waals surface area contributed by atoms with E-state index in [4.69, 9.17) is 11.6 Å². The maximum atomic E-state index is 12.0. The Bertz CT molecular complexity index is 568. The van der Waals surface area contributed by atoms with Crippen LogP contribution in [0.25, 0.3) is 0 Å². The van der Waals surface area contributed by atoms with Gasteiger partial charge in [-0.1, -0.05) is 23.7 Å². The molecule has 1 atom stereocenters. The molecule has 0 N–H and O–H groups in total. The van der Waals surface area contributed by atoms with Gasteiger partial charge in [0.2, 0.25) is 5.91 Å². The first-order chi connectivity index (χ1) is 8.87. The lowest BCUT2D eigenvalue weighted by Crippen LogP contribution is -2.45. The number of benzene rings is 1. The van der Waals surface area contributed by atoms with E-state index in [2.05, 4.69) is 0 Å². The summed E-state index contributed by atoms with van der Waals surface area (Å²) in [4.78, 5) is 13.7. The lowest BCUT2D eigenvalue weighted by molar-refractivity contribution is -0.138. The van der Waals surface area contributed by atoms with Crippen molar-refractivity contribution in [2.75, 3.05) is 18.6 Å². The fourth-order valence-electron chi connectivity index (χ4n) is 2.13. The van der Waals surface area contributed by atoms with E-state index in [0.717, 1.165) is 18.2 Å². The zero-order chi connectivity index (χ0) is 14.0. The highest BCUT2D eigenvalue weighted by atomic mass is 35.5. The van der Waals surface area contributed by atoms with Crippen molar-refractivity contribution in [1.82, 2.24) is 4.90 Å². The monoisotopic (exact) mass is 301 g/mol. The third-order valence-corrected chi connectivity index (χ3v) is 4.48. The standard InChI is InChI=1S/C13H16ClNO3S/c1-19(17,18)9-7-13(16)15-8-6-12(15)10-2-4-11(14)5-3-10/h2-5,12H,6-9H2,1H3/t12-/m0/s1. The predicted molar refractivity (Wildman–Crippen MR) is 74.9 cm³/mol. The van der Waals surface area contributed by atoms with Gasteiger partial charge in [-0.25, -0.2) is 8.42 Å². The van der Waals surface area contributed by atoms with Crippen molar-refractivity contribution in [1.29, 1.82) is 0 Å². The zero-order valence-corrected chi connectivity index (χ0v) is 12.2. The fourth-order valence-corrected chi connectivity index (χ4v) is 2.81. The van der Waals surface area contributed by atoms with Crippen LogP contribution in [0.2, 0.25) is 5.02 Å². The highest BCUT2D eigenvalue weighted by Gasteiger charge is 2.33. The first-order valence-corrected chi connectivity index (χ1v) is 8.53. The molecule has 1 aromatic rings. The van der Waals surface area contributed by atoms with Crippen LogP contribution in [0.3, 0.4) is 0 Å². The van der Waals surface area contributed by atoms with Gasteiger partial charge < -0.3 is 4.90 Å². The van der Waals surface area contributed by atoms with Crippen LogP contribution < -0.4 is 0 Å². The average molecular weight is 302 g/mol. The lowest BCUT2D eigenvalue weighted by Gasteiger charge is -2.41. The maximum Gasteiger partial charge on any atom is 0.224 e. The Kier molecular flexibility index (Phi) is 4.16. The molecule has 1 aliphatic rings. The fraction of sp³-hybridized carbons (Fsp3) is 0.462. The Hall–Kier alpha value is -1.07. The number of hydrogen-bond donors (Lipinski definition) is 0. The van der Waals surface area contributed by atoms with E-state index in [1.54, 1.807) is 17.0 Å². The van der Waals surface area contributed by atoms with Crippen molar-refractivity contribution in [3.8, 4) is 0 Å². The molecule has 0 bridgehead atoms. The molecule has 1 aliphatic heterocycles. The summed E-state index contributed by atoms with van der Waals surface area (Å²) in [6.07, 6.45) is 2.11. The molecule has 4 nitrogen and oxygen atoms in total. The van der Waals surface area contributed by atoms with Gasteiger partial charge in [-0.3, -0.25) is 4.79 Å². The van der Waals surface area contributed by atoms with E-state index in [-0.39, 0.29) is 24.1 Å². The molecular formula is C13H16ClNO3S. The van der Waals surface area contributed by atoms with Gasteiger partial charge >= 0.3 is 0 Å². The number of hydrogen-bond acceptors (Lipinski definition) is 3. The summed E-state index contributed by atoms with van der Waals surface area (Å²) in [5.74, 6) is -0.188.